The summed E-state index contributed by atoms with van der Waals surface area (Å²) in [5.74, 6) is 0.750. The minimum atomic E-state index is -0.170. The van der Waals surface area contributed by atoms with E-state index in [1.165, 1.54) is 0 Å². The number of rotatable bonds is 4. The van der Waals surface area contributed by atoms with E-state index in [0.29, 0.717) is 6.61 Å². The van der Waals surface area contributed by atoms with Crippen molar-refractivity contribution in [1.29, 1.82) is 0 Å². The van der Waals surface area contributed by atoms with E-state index in [0.717, 1.165) is 18.9 Å². The number of nitrogens with zero attached hydrogens (tertiary/aromatic N) is 3. The molecule has 1 amide bonds. The highest BCUT2D eigenvalue weighted by Gasteiger charge is 2.26. The van der Waals surface area contributed by atoms with Gasteiger partial charge in [-0.15, -0.1) is 0 Å². The minimum absolute atomic E-state index is 0.00139. The molecule has 0 unspecified atom stereocenters. The number of hydrogen-bond donors (Lipinski definition) is 1. The summed E-state index contributed by atoms with van der Waals surface area (Å²) in [7, 11) is 0. The average molecular weight is 280 g/mol. The molecule has 0 saturated carbocycles. The van der Waals surface area contributed by atoms with Crippen molar-refractivity contribution in [3.8, 4) is 0 Å². The van der Waals surface area contributed by atoms with Gasteiger partial charge in [-0.1, -0.05) is 0 Å². The first-order chi connectivity index (χ1) is 9.49. The van der Waals surface area contributed by atoms with E-state index in [1.807, 2.05) is 38.4 Å². The lowest BCUT2D eigenvalue weighted by Crippen LogP contribution is -2.50. The second-order valence-corrected chi connectivity index (χ2v) is 5.60. The smallest absolute Gasteiger partial charge is 0.242 e. The molecule has 0 spiro atoms. The van der Waals surface area contributed by atoms with Crippen LogP contribution in [0, 0.1) is 0 Å². The minimum Gasteiger partial charge on any atom is -0.376 e. The van der Waals surface area contributed by atoms with Crippen LogP contribution < -0.4 is 5.32 Å². The number of morpholine rings is 1. The molecule has 20 heavy (non-hydrogen) atoms. The van der Waals surface area contributed by atoms with E-state index in [9.17, 15) is 4.79 Å². The Hall–Kier alpha value is -1.40. The highest BCUT2D eigenvalue weighted by molar-refractivity contribution is 5.93. The van der Waals surface area contributed by atoms with Crippen molar-refractivity contribution in [1.82, 2.24) is 14.7 Å². The predicted molar refractivity (Wildman–Crippen MR) is 77.7 cm³/mol. The molecule has 1 aliphatic heterocycles. The monoisotopic (exact) mass is 280 g/mol. The van der Waals surface area contributed by atoms with Crippen LogP contribution in [0.2, 0.25) is 0 Å². The molecular weight excluding hydrogens is 256 g/mol. The first-order valence-corrected chi connectivity index (χ1v) is 7.19. The summed E-state index contributed by atoms with van der Waals surface area (Å²) in [6.07, 6.45) is 1.89. The molecule has 112 valence electrons. The number of carbonyl (C=O) groups is 1. The maximum atomic E-state index is 12.4. The molecule has 1 aromatic heterocycles. The number of ether oxygens (including phenoxy) is 1. The molecular formula is C14H24N4O2. The van der Waals surface area contributed by atoms with Gasteiger partial charge in [-0.3, -0.25) is 9.69 Å². The Kier molecular flexibility index (Phi) is 4.77. The Labute approximate surface area is 120 Å². The molecule has 0 radical (unpaired) electrons. The lowest BCUT2D eigenvalue weighted by Gasteiger charge is -2.34. The van der Waals surface area contributed by atoms with Crippen molar-refractivity contribution in [2.24, 2.45) is 0 Å². The molecule has 1 fully saturated rings. The predicted octanol–water partition coefficient (Wildman–Crippen LogP) is 1.51. The summed E-state index contributed by atoms with van der Waals surface area (Å²) < 4.78 is 7.32. The Balaban J connectivity index is 1.98. The molecule has 6 nitrogen and oxygen atoms in total. The van der Waals surface area contributed by atoms with Crippen molar-refractivity contribution in [2.75, 3.05) is 25.0 Å². The second-order valence-electron chi connectivity index (χ2n) is 5.60. The van der Waals surface area contributed by atoms with Gasteiger partial charge in [0.15, 0.2) is 0 Å². The van der Waals surface area contributed by atoms with Crippen LogP contribution in [-0.4, -0.2) is 52.4 Å². The summed E-state index contributed by atoms with van der Waals surface area (Å²) in [5.41, 5.74) is 0. The van der Waals surface area contributed by atoms with Gasteiger partial charge in [-0.05, 0) is 27.7 Å². The van der Waals surface area contributed by atoms with Crippen LogP contribution in [0.5, 0.6) is 0 Å². The van der Waals surface area contributed by atoms with Crippen LogP contribution in [0.3, 0.4) is 0 Å². The van der Waals surface area contributed by atoms with Gasteiger partial charge in [0.1, 0.15) is 5.82 Å². The Morgan fingerprint density at radius 2 is 2.25 bits per heavy atom. The summed E-state index contributed by atoms with van der Waals surface area (Å²) in [4.78, 5) is 14.5. The fourth-order valence-corrected chi connectivity index (χ4v) is 2.42. The highest BCUT2D eigenvalue weighted by Crippen LogP contribution is 2.15. The van der Waals surface area contributed by atoms with Gasteiger partial charge in [0.05, 0.1) is 24.9 Å². The summed E-state index contributed by atoms with van der Waals surface area (Å²) in [6.45, 7) is 10.3. The van der Waals surface area contributed by atoms with Crippen LogP contribution >= 0.6 is 0 Å². The fraction of sp³-hybridized carbons (Fsp3) is 0.714. The Morgan fingerprint density at radius 1 is 1.50 bits per heavy atom. The van der Waals surface area contributed by atoms with Gasteiger partial charge in [0.2, 0.25) is 5.91 Å². The molecule has 1 N–H and O–H groups in total. The van der Waals surface area contributed by atoms with E-state index in [4.69, 9.17) is 4.74 Å². The van der Waals surface area contributed by atoms with Crippen molar-refractivity contribution >= 4 is 11.7 Å². The zero-order chi connectivity index (χ0) is 14.7. The molecule has 0 aromatic carbocycles. The quantitative estimate of drug-likeness (QED) is 0.908. The molecule has 1 aromatic rings. The van der Waals surface area contributed by atoms with Crippen LogP contribution in [-0.2, 0) is 9.53 Å². The third kappa shape index (κ3) is 3.37. The molecule has 2 heterocycles. The third-order valence-corrected chi connectivity index (χ3v) is 3.61. The average Bonchev–Trinajstić information content (AvgIpc) is 2.86. The topological polar surface area (TPSA) is 59.4 Å². The third-order valence-electron chi connectivity index (χ3n) is 3.61. The number of aromatic nitrogens is 2. The maximum Gasteiger partial charge on any atom is 0.242 e. The van der Waals surface area contributed by atoms with Crippen molar-refractivity contribution < 1.29 is 9.53 Å². The van der Waals surface area contributed by atoms with Crippen LogP contribution in [0.15, 0.2) is 12.3 Å². The van der Waals surface area contributed by atoms with E-state index in [2.05, 4.69) is 15.3 Å². The van der Waals surface area contributed by atoms with E-state index in [1.54, 1.807) is 6.20 Å². The van der Waals surface area contributed by atoms with Crippen molar-refractivity contribution in [2.45, 2.75) is 45.9 Å². The van der Waals surface area contributed by atoms with Gasteiger partial charge in [-0.2, -0.15) is 5.10 Å². The number of amides is 1. The van der Waals surface area contributed by atoms with Gasteiger partial charge >= 0.3 is 0 Å². The largest absolute Gasteiger partial charge is 0.376 e. The lowest BCUT2D eigenvalue weighted by atomic mass is 10.2. The van der Waals surface area contributed by atoms with E-state index < -0.39 is 0 Å². The second kappa shape index (κ2) is 6.37. The molecule has 1 saturated heterocycles. The van der Waals surface area contributed by atoms with Crippen molar-refractivity contribution in [3.05, 3.63) is 12.3 Å². The van der Waals surface area contributed by atoms with Crippen LogP contribution in [0.4, 0.5) is 5.82 Å². The van der Waals surface area contributed by atoms with Gasteiger partial charge in [0.25, 0.3) is 0 Å². The highest BCUT2D eigenvalue weighted by atomic mass is 16.5. The lowest BCUT2D eigenvalue weighted by molar-refractivity contribution is -0.123. The number of carbonyl (C=O) groups excluding carboxylic acids is 1. The zero-order valence-electron chi connectivity index (χ0n) is 12.7. The normalized spacial score (nSPS) is 21.9. The number of hydrogen-bond acceptors (Lipinski definition) is 4. The van der Waals surface area contributed by atoms with E-state index in [-0.39, 0.29) is 24.1 Å². The first kappa shape index (κ1) is 15.0. The van der Waals surface area contributed by atoms with Gasteiger partial charge in [-0.25, -0.2) is 4.68 Å². The van der Waals surface area contributed by atoms with Crippen LogP contribution in [0.1, 0.15) is 33.7 Å². The Bertz CT molecular complexity index is 458. The SMILES string of the molecule is CC(C)n1nccc1NC(=O)[C@H](C)N1CCO[C@@H](C)C1. The van der Waals surface area contributed by atoms with E-state index >= 15 is 0 Å². The number of anilines is 1. The molecule has 2 atom stereocenters. The molecule has 2 rings (SSSR count). The molecule has 0 aliphatic carbocycles. The fourth-order valence-electron chi connectivity index (χ4n) is 2.42. The first-order valence-electron chi connectivity index (χ1n) is 7.19. The Morgan fingerprint density at radius 3 is 2.90 bits per heavy atom. The number of nitrogens with one attached hydrogen (secondary N) is 1. The van der Waals surface area contributed by atoms with Crippen LogP contribution in [0.25, 0.3) is 0 Å². The van der Waals surface area contributed by atoms with Crippen molar-refractivity contribution in [3.63, 3.8) is 0 Å². The summed E-state index contributed by atoms with van der Waals surface area (Å²) in [5, 5.41) is 7.18. The van der Waals surface area contributed by atoms with Gasteiger partial charge < -0.3 is 10.1 Å². The van der Waals surface area contributed by atoms with Gasteiger partial charge in [0, 0.05) is 25.2 Å². The standard InChI is InChI=1S/C14H24N4O2/c1-10(2)18-13(5-6-15-18)16-14(19)12(4)17-7-8-20-11(3)9-17/h5-6,10-12H,7-9H2,1-4H3,(H,16,19)/t11-,12-/m0/s1. The summed E-state index contributed by atoms with van der Waals surface area (Å²) in [6, 6.07) is 1.88. The molecule has 6 heteroatoms. The zero-order valence-corrected chi connectivity index (χ0v) is 12.7. The maximum absolute atomic E-state index is 12.4. The molecule has 0 bridgehead atoms. The summed E-state index contributed by atoms with van der Waals surface area (Å²) >= 11 is 0. The molecule has 1 aliphatic rings.